The van der Waals surface area contributed by atoms with Crippen molar-refractivity contribution in [3.63, 3.8) is 0 Å². The first kappa shape index (κ1) is 22.6. The maximum absolute atomic E-state index is 12.4. The molecule has 0 aromatic heterocycles. The summed E-state index contributed by atoms with van der Waals surface area (Å²) in [6, 6.07) is 16.7. The highest BCUT2D eigenvalue weighted by Crippen LogP contribution is 2.16. The Morgan fingerprint density at radius 3 is 2.37 bits per heavy atom. The largest absolute Gasteiger partial charge is 0.491 e. The van der Waals surface area contributed by atoms with Crippen LogP contribution in [-0.2, 0) is 16.0 Å². The van der Waals surface area contributed by atoms with Crippen LogP contribution in [0.2, 0.25) is 5.02 Å². The maximum atomic E-state index is 12.4. The van der Waals surface area contributed by atoms with Crippen LogP contribution in [0.4, 0.5) is 0 Å². The zero-order valence-electron chi connectivity index (χ0n) is 17.2. The van der Waals surface area contributed by atoms with Crippen molar-refractivity contribution in [3.05, 3.63) is 65.2 Å². The van der Waals surface area contributed by atoms with Crippen LogP contribution in [0, 0.1) is 0 Å². The number of carbonyl (C=O) groups is 1. The lowest BCUT2D eigenvalue weighted by molar-refractivity contribution is -0.147. The second-order valence-corrected chi connectivity index (χ2v) is 7.92. The normalized spacial score (nSPS) is 17.3. The molecule has 2 unspecified atom stereocenters. The van der Waals surface area contributed by atoms with Gasteiger partial charge >= 0.3 is 5.97 Å². The van der Waals surface area contributed by atoms with Crippen LogP contribution in [-0.4, -0.2) is 79.5 Å². The molecular formula is C23H29ClN2O4. The van der Waals surface area contributed by atoms with Crippen molar-refractivity contribution in [2.75, 3.05) is 46.4 Å². The standard InChI is InChI=1S/C23H29ClN2O4/c1-29-23(28)22(15-18-7-9-19(24)10-8-18)26-13-11-25(12-14-26)16-20(27)17-30-21-5-3-2-4-6-21/h2-10,20,22,27H,11-17H2,1H3. The van der Waals surface area contributed by atoms with Crippen LogP contribution < -0.4 is 4.74 Å². The SMILES string of the molecule is COC(=O)C(Cc1ccc(Cl)cc1)N1CCN(CC(O)COc2ccccc2)CC1. The Bertz CT molecular complexity index is 780. The van der Waals surface area contributed by atoms with Crippen molar-refractivity contribution in [1.82, 2.24) is 9.80 Å². The lowest BCUT2D eigenvalue weighted by atomic mass is 10.0. The number of aliphatic hydroxyl groups is 1. The molecule has 0 radical (unpaired) electrons. The van der Waals surface area contributed by atoms with Gasteiger partial charge < -0.3 is 14.6 Å². The number of β-amino-alcohol motifs (C(OH)–C–C–N with tert-alkyl or cyclic N) is 1. The van der Waals surface area contributed by atoms with Gasteiger partial charge in [0.05, 0.1) is 7.11 Å². The Morgan fingerprint density at radius 2 is 1.73 bits per heavy atom. The van der Waals surface area contributed by atoms with Crippen molar-refractivity contribution in [2.24, 2.45) is 0 Å². The lowest BCUT2D eigenvalue weighted by Crippen LogP contribution is -2.54. The van der Waals surface area contributed by atoms with E-state index in [4.69, 9.17) is 21.1 Å². The Morgan fingerprint density at radius 1 is 1.07 bits per heavy atom. The number of ether oxygens (including phenoxy) is 2. The second-order valence-electron chi connectivity index (χ2n) is 7.48. The minimum Gasteiger partial charge on any atom is -0.491 e. The minimum atomic E-state index is -0.567. The monoisotopic (exact) mass is 432 g/mol. The third-order valence-electron chi connectivity index (χ3n) is 5.32. The molecule has 0 aliphatic carbocycles. The average Bonchev–Trinajstić information content (AvgIpc) is 2.78. The van der Waals surface area contributed by atoms with E-state index in [2.05, 4.69) is 9.80 Å². The number of carbonyl (C=O) groups excluding carboxylic acids is 1. The Hall–Kier alpha value is -2.12. The maximum Gasteiger partial charge on any atom is 0.323 e. The number of piperazine rings is 1. The smallest absolute Gasteiger partial charge is 0.323 e. The van der Waals surface area contributed by atoms with Crippen molar-refractivity contribution < 1.29 is 19.4 Å². The van der Waals surface area contributed by atoms with E-state index in [1.807, 2.05) is 54.6 Å². The molecule has 3 rings (SSSR count). The van der Waals surface area contributed by atoms with Crippen LogP contribution in [0.3, 0.4) is 0 Å². The Kier molecular flexibility index (Phi) is 8.51. The summed E-state index contributed by atoms with van der Waals surface area (Å²) >= 11 is 5.96. The molecule has 0 amide bonds. The van der Waals surface area contributed by atoms with Gasteiger partial charge in [0.2, 0.25) is 0 Å². The molecule has 1 fully saturated rings. The molecule has 2 aromatic rings. The summed E-state index contributed by atoms with van der Waals surface area (Å²) in [5.74, 6) is 0.527. The fraction of sp³-hybridized carbons (Fsp3) is 0.435. The molecule has 1 heterocycles. The van der Waals surface area contributed by atoms with Crippen LogP contribution in [0.25, 0.3) is 0 Å². The summed E-state index contributed by atoms with van der Waals surface area (Å²) in [6.45, 7) is 3.82. The summed E-state index contributed by atoms with van der Waals surface area (Å²) in [5, 5.41) is 11.0. The van der Waals surface area contributed by atoms with E-state index in [9.17, 15) is 9.90 Å². The van der Waals surface area contributed by atoms with Crippen LogP contribution in [0.1, 0.15) is 5.56 Å². The second kappa shape index (κ2) is 11.3. The Balaban J connectivity index is 1.48. The molecule has 2 aromatic carbocycles. The highest BCUT2D eigenvalue weighted by atomic mass is 35.5. The summed E-state index contributed by atoms with van der Waals surface area (Å²) in [7, 11) is 1.43. The minimum absolute atomic E-state index is 0.227. The van der Waals surface area contributed by atoms with E-state index in [0.717, 1.165) is 37.5 Å². The molecular weight excluding hydrogens is 404 g/mol. The lowest BCUT2D eigenvalue weighted by Gasteiger charge is -2.38. The number of halogens is 1. The van der Waals surface area contributed by atoms with E-state index < -0.39 is 6.10 Å². The molecule has 2 atom stereocenters. The molecule has 1 saturated heterocycles. The van der Waals surface area contributed by atoms with Crippen molar-refractivity contribution in [1.29, 1.82) is 0 Å². The highest BCUT2D eigenvalue weighted by Gasteiger charge is 2.30. The molecule has 1 aliphatic heterocycles. The number of hydrogen-bond acceptors (Lipinski definition) is 6. The van der Waals surface area contributed by atoms with E-state index in [1.54, 1.807) is 0 Å². The third kappa shape index (κ3) is 6.71. The van der Waals surface area contributed by atoms with Crippen LogP contribution in [0.5, 0.6) is 5.75 Å². The molecule has 0 spiro atoms. The summed E-state index contributed by atoms with van der Waals surface area (Å²) in [6.07, 6.45) is 0.0134. The van der Waals surface area contributed by atoms with Gasteiger partial charge in [-0.05, 0) is 36.2 Å². The number of esters is 1. The number of para-hydroxylation sites is 1. The fourth-order valence-electron chi connectivity index (χ4n) is 3.66. The van der Waals surface area contributed by atoms with Crippen molar-refractivity contribution >= 4 is 17.6 Å². The van der Waals surface area contributed by atoms with Crippen molar-refractivity contribution in [3.8, 4) is 5.75 Å². The predicted molar refractivity (Wildman–Crippen MR) is 117 cm³/mol. The number of benzene rings is 2. The van der Waals surface area contributed by atoms with Gasteiger partial charge in [0, 0.05) is 37.7 Å². The first-order valence-corrected chi connectivity index (χ1v) is 10.6. The number of methoxy groups -OCH3 is 1. The van der Waals surface area contributed by atoms with E-state index >= 15 is 0 Å². The number of hydrogen-bond donors (Lipinski definition) is 1. The van der Waals surface area contributed by atoms with Gasteiger partial charge in [-0.2, -0.15) is 0 Å². The van der Waals surface area contributed by atoms with E-state index in [-0.39, 0.29) is 18.6 Å². The molecule has 1 aliphatic rings. The zero-order valence-corrected chi connectivity index (χ0v) is 18.0. The van der Waals surface area contributed by atoms with E-state index in [1.165, 1.54) is 7.11 Å². The van der Waals surface area contributed by atoms with Gasteiger partial charge in [-0.25, -0.2) is 0 Å². The van der Waals surface area contributed by atoms with Crippen molar-refractivity contribution in [2.45, 2.75) is 18.6 Å². The highest BCUT2D eigenvalue weighted by molar-refractivity contribution is 6.30. The molecule has 0 saturated carbocycles. The van der Waals surface area contributed by atoms with Crippen LogP contribution >= 0.6 is 11.6 Å². The number of nitrogens with zero attached hydrogens (tertiary/aromatic N) is 2. The zero-order chi connectivity index (χ0) is 21.3. The summed E-state index contributed by atoms with van der Waals surface area (Å²) in [4.78, 5) is 16.8. The molecule has 6 nitrogen and oxygen atoms in total. The molecule has 30 heavy (non-hydrogen) atoms. The Labute approximate surface area is 183 Å². The van der Waals surface area contributed by atoms with Gasteiger partial charge in [-0.3, -0.25) is 14.6 Å². The van der Waals surface area contributed by atoms with Gasteiger partial charge in [-0.1, -0.05) is 41.9 Å². The predicted octanol–water partition coefficient (Wildman–Crippen LogP) is 2.48. The topological polar surface area (TPSA) is 62.2 Å². The van der Waals surface area contributed by atoms with Gasteiger partial charge in [0.1, 0.15) is 24.5 Å². The fourth-order valence-corrected chi connectivity index (χ4v) is 3.78. The molecule has 162 valence electrons. The van der Waals surface area contributed by atoms with Gasteiger partial charge in [-0.15, -0.1) is 0 Å². The number of rotatable bonds is 9. The van der Waals surface area contributed by atoms with E-state index in [0.29, 0.717) is 18.0 Å². The van der Waals surface area contributed by atoms with Gasteiger partial charge in [0.25, 0.3) is 0 Å². The summed E-state index contributed by atoms with van der Waals surface area (Å²) < 4.78 is 10.7. The molecule has 1 N–H and O–H groups in total. The third-order valence-corrected chi connectivity index (χ3v) is 5.57. The molecule has 7 heteroatoms. The van der Waals surface area contributed by atoms with Crippen LogP contribution in [0.15, 0.2) is 54.6 Å². The first-order chi connectivity index (χ1) is 14.5. The quantitative estimate of drug-likeness (QED) is 0.614. The van der Waals surface area contributed by atoms with Gasteiger partial charge in [0.15, 0.2) is 0 Å². The first-order valence-electron chi connectivity index (χ1n) is 10.2. The average molecular weight is 433 g/mol. The summed E-state index contributed by atoms with van der Waals surface area (Å²) in [5.41, 5.74) is 1.05. The number of aliphatic hydroxyl groups excluding tert-OH is 1. The molecule has 0 bridgehead atoms.